The first-order valence-electron chi connectivity index (χ1n) is 7.21. The molecule has 2 heteroatoms. The van der Waals surface area contributed by atoms with E-state index in [2.05, 4.69) is 41.1 Å². The normalized spacial score (nSPS) is 14.9. The molecule has 0 aliphatic carbocycles. The first-order valence-corrected chi connectivity index (χ1v) is 7.21. The number of rotatable bonds is 4. The zero-order chi connectivity index (χ0) is 12.4. The van der Waals surface area contributed by atoms with Crippen LogP contribution in [0.3, 0.4) is 0 Å². The van der Waals surface area contributed by atoms with Gasteiger partial charge in [-0.3, -0.25) is 0 Å². The van der Waals surface area contributed by atoms with E-state index in [-0.39, 0.29) is 0 Å². The van der Waals surface area contributed by atoms with E-state index in [4.69, 9.17) is 0 Å². The number of hydrogen-bond donors (Lipinski definition) is 1. The maximum Gasteiger partial charge on any atom is 0.0485 e. The highest BCUT2D eigenvalue weighted by molar-refractivity contribution is 5.85. The highest BCUT2D eigenvalue weighted by atomic mass is 15.0. The lowest BCUT2D eigenvalue weighted by atomic mass is 10.1. The highest BCUT2D eigenvalue weighted by Crippen LogP contribution is 2.28. The van der Waals surface area contributed by atoms with Crippen molar-refractivity contribution in [3.63, 3.8) is 0 Å². The van der Waals surface area contributed by atoms with Crippen molar-refractivity contribution in [1.29, 1.82) is 0 Å². The van der Waals surface area contributed by atoms with Crippen LogP contribution < -0.4 is 5.32 Å². The minimum atomic E-state index is 1.04. The van der Waals surface area contributed by atoms with Crippen LogP contribution in [-0.2, 0) is 19.5 Å². The minimum Gasteiger partial charge on any atom is -0.343 e. The average Bonchev–Trinajstić information content (AvgIpc) is 2.74. The summed E-state index contributed by atoms with van der Waals surface area (Å²) in [5, 5.41) is 4.99. The molecule has 0 atom stereocenters. The Hall–Kier alpha value is -1.28. The van der Waals surface area contributed by atoms with Gasteiger partial charge in [-0.05, 0) is 31.0 Å². The van der Waals surface area contributed by atoms with Gasteiger partial charge in [-0.2, -0.15) is 0 Å². The van der Waals surface area contributed by atoms with Gasteiger partial charge in [0.2, 0.25) is 0 Å². The van der Waals surface area contributed by atoms with Gasteiger partial charge in [-0.25, -0.2) is 0 Å². The van der Waals surface area contributed by atoms with Crippen molar-refractivity contribution in [2.75, 3.05) is 6.54 Å². The molecule has 0 unspecified atom stereocenters. The maximum atomic E-state index is 3.51. The minimum absolute atomic E-state index is 1.04. The van der Waals surface area contributed by atoms with Crippen molar-refractivity contribution in [1.82, 2.24) is 9.88 Å². The number of fused-ring (bicyclic) bond motifs is 3. The Morgan fingerprint density at radius 2 is 2.11 bits per heavy atom. The summed E-state index contributed by atoms with van der Waals surface area (Å²) < 4.78 is 2.55. The van der Waals surface area contributed by atoms with E-state index in [1.54, 1.807) is 5.56 Å². The molecule has 1 aromatic carbocycles. The molecule has 0 bridgehead atoms. The summed E-state index contributed by atoms with van der Waals surface area (Å²) >= 11 is 0. The van der Waals surface area contributed by atoms with E-state index in [1.807, 2.05) is 0 Å². The van der Waals surface area contributed by atoms with Gasteiger partial charge in [0, 0.05) is 29.7 Å². The van der Waals surface area contributed by atoms with Crippen LogP contribution in [0.2, 0.25) is 0 Å². The van der Waals surface area contributed by atoms with Crippen LogP contribution in [0.4, 0.5) is 0 Å². The second-order valence-electron chi connectivity index (χ2n) is 5.23. The lowest BCUT2D eigenvalue weighted by Crippen LogP contribution is -2.25. The SMILES string of the molecule is CCCCCn1c2c(c3ccccc31)CCNC2. The summed E-state index contributed by atoms with van der Waals surface area (Å²) in [4.78, 5) is 0. The molecule has 2 heterocycles. The van der Waals surface area contributed by atoms with Gasteiger partial charge < -0.3 is 9.88 Å². The second kappa shape index (κ2) is 5.15. The summed E-state index contributed by atoms with van der Waals surface area (Å²) in [6, 6.07) is 8.90. The summed E-state index contributed by atoms with van der Waals surface area (Å²) in [7, 11) is 0. The molecule has 1 aromatic heterocycles. The molecular formula is C16H22N2. The van der Waals surface area contributed by atoms with E-state index in [9.17, 15) is 0 Å². The number of benzene rings is 1. The molecular weight excluding hydrogens is 220 g/mol. The molecule has 0 amide bonds. The van der Waals surface area contributed by atoms with Crippen LogP contribution in [-0.4, -0.2) is 11.1 Å². The van der Waals surface area contributed by atoms with Gasteiger partial charge in [-0.1, -0.05) is 38.0 Å². The summed E-state index contributed by atoms with van der Waals surface area (Å²) in [5.74, 6) is 0. The zero-order valence-electron chi connectivity index (χ0n) is 11.2. The second-order valence-corrected chi connectivity index (χ2v) is 5.23. The predicted molar refractivity (Wildman–Crippen MR) is 76.9 cm³/mol. The Morgan fingerprint density at radius 1 is 1.22 bits per heavy atom. The largest absolute Gasteiger partial charge is 0.343 e. The molecule has 0 radical (unpaired) electrons. The lowest BCUT2D eigenvalue weighted by molar-refractivity contribution is 0.556. The van der Waals surface area contributed by atoms with Crippen molar-refractivity contribution in [2.24, 2.45) is 0 Å². The molecule has 0 saturated carbocycles. The third-order valence-corrected chi connectivity index (χ3v) is 4.02. The summed E-state index contributed by atoms with van der Waals surface area (Å²) in [6.45, 7) is 5.60. The van der Waals surface area contributed by atoms with E-state index in [0.717, 1.165) is 13.1 Å². The summed E-state index contributed by atoms with van der Waals surface area (Å²) in [5.41, 5.74) is 4.54. The standard InChI is InChI=1S/C16H22N2/c1-2-3-6-11-18-15-8-5-4-7-13(15)14-9-10-17-12-16(14)18/h4-5,7-8,17H,2-3,6,9-12H2,1H3. The van der Waals surface area contributed by atoms with Gasteiger partial charge in [0.25, 0.3) is 0 Å². The van der Waals surface area contributed by atoms with Crippen LogP contribution >= 0.6 is 0 Å². The molecule has 18 heavy (non-hydrogen) atoms. The van der Waals surface area contributed by atoms with Crippen molar-refractivity contribution in [2.45, 2.75) is 45.7 Å². The molecule has 0 fully saturated rings. The molecule has 3 rings (SSSR count). The van der Waals surface area contributed by atoms with Crippen LogP contribution in [0.1, 0.15) is 37.4 Å². The van der Waals surface area contributed by atoms with Crippen molar-refractivity contribution in [3.8, 4) is 0 Å². The number of aromatic nitrogens is 1. The lowest BCUT2D eigenvalue weighted by Gasteiger charge is -2.17. The molecule has 0 spiro atoms. The number of hydrogen-bond acceptors (Lipinski definition) is 1. The van der Waals surface area contributed by atoms with Gasteiger partial charge in [0.15, 0.2) is 0 Å². The van der Waals surface area contributed by atoms with E-state index in [1.165, 1.54) is 48.8 Å². The Bertz CT molecular complexity index is 539. The molecule has 1 aliphatic rings. The topological polar surface area (TPSA) is 17.0 Å². The first-order chi connectivity index (χ1) is 8.92. The maximum absolute atomic E-state index is 3.51. The fraction of sp³-hybridized carbons (Fsp3) is 0.500. The fourth-order valence-electron chi connectivity index (χ4n) is 3.10. The van der Waals surface area contributed by atoms with Gasteiger partial charge in [-0.15, -0.1) is 0 Å². The number of para-hydroxylation sites is 1. The summed E-state index contributed by atoms with van der Waals surface area (Å²) in [6.07, 6.45) is 5.09. The number of nitrogens with zero attached hydrogens (tertiary/aromatic N) is 1. The van der Waals surface area contributed by atoms with Crippen molar-refractivity contribution >= 4 is 10.9 Å². The van der Waals surface area contributed by atoms with Crippen molar-refractivity contribution < 1.29 is 0 Å². The van der Waals surface area contributed by atoms with Crippen molar-refractivity contribution in [3.05, 3.63) is 35.5 Å². The van der Waals surface area contributed by atoms with Gasteiger partial charge in [0.1, 0.15) is 0 Å². The predicted octanol–water partition coefficient (Wildman–Crippen LogP) is 3.48. The van der Waals surface area contributed by atoms with Gasteiger partial charge in [0.05, 0.1) is 0 Å². The highest BCUT2D eigenvalue weighted by Gasteiger charge is 2.18. The van der Waals surface area contributed by atoms with Gasteiger partial charge >= 0.3 is 0 Å². The first kappa shape index (κ1) is 11.8. The van der Waals surface area contributed by atoms with Crippen LogP contribution in [0.5, 0.6) is 0 Å². The Balaban J connectivity index is 2.04. The molecule has 1 aliphatic heterocycles. The third-order valence-electron chi connectivity index (χ3n) is 4.02. The molecule has 96 valence electrons. The number of aryl methyl sites for hydroxylation is 1. The van der Waals surface area contributed by atoms with Crippen LogP contribution in [0.25, 0.3) is 10.9 Å². The van der Waals surface area contributed by atoms with Crippen LogP contribution in [0, 0.1) is 0 Å². The van der Waals surface area contributed by atoms with E-state index >= 15 is 0 Å². The quantitative estimate of drug-likeness (QED) is 0.812. The number of nitrogens with one attached hydrogen (secondary N) is 1. The molecule has 0 saturated heterocycles. The monoisotopic (exact) mass is 242 g/mol. The average molecular weight is 242 g/mol. The van der Waals surface area contributed by atoms with E-state index in [0.29, 0.717) is 0 Å². The Morgan fingerprint density at radius 3 is 3.00 bits per heavy atom. The zero-order valence-corrected chi connectivity index (χ0v) is 11.2. The third kappa shape index (κ3) is 1.95. The van der Waals surface area contributed by atoms with E-state index < -0.39 is 0 Å². The number of unbranched alkanes of at least 4 members (excludes halogenated alkanes) is 2. The van der Waals surface area contributed by atoms with Crippen LogP contribution in [0.15, 0.2) is 24.3 Å². The molecule has 1 N–H and O–H groups in total. The fourth-order valence-corrected chi connectivity index (χ4v) is 3.10. The Labute approximate surface area is 109 Å². The molecule has 2 nitrogen and oxygen atoms in total. The Kier molecular flexibility index (Phi) is 3.37. The molecule has 2 aromatic rings. The smallest absolute Gasteiger partial charge is 0.0485 e.